The van der Waals surface area contributed by atoms with Gasteiger partial charge in [0.25, 0.3) is 11.8 Å². The van der Waals surface area contributed by atoms with Gasteiger partial charge in [-0.1, -0.05) is 11.8 Å². The molecule has 0 aliphatic rings. The molecule has 0 aliphatic heterocycles. The van der Waals surface area contributed by atoms with E-state index in [-0.39, 0.29) is 30.1 Å². The zero-order chi connectivity index (χ0) is 28.4. The summed E-state index contributed by atoms with van der Waals surface area (Å²) >= 11 is 0. The Morgan fingerprint density at radius 1 is 0.923 bits per heavy atom. The van der Waals surface area contributed by atoms with Crippen molar-refractivity contribution in [1.29, 1.82) is 0 Å². The number of halogens is 2. The number of carbonyl (C=O) groups is 3. The molecule has 2 atom stereocenters. The number of amides is 3. The summed E-state index contributed by atoms with van der Waals surface area (Å²) in [7, 11) is 0. The van der Waals surface area contributed by atoms with Crippen LogP contribution in [0.4, 0.5) is 14.5 Å². The monoisotopic (exact) mass is 536 g/mol. The number of hydrogen-bond donors (Lipinski definition) is 6. The molecule has 0 fully saturated rings. The number of hydrogen-bond acceptors (Lipinski definition) is 6. The second-order valence-electron chi connectivity index (χ2n) is 8.46. The average Bonchev–Trinajstić information content (AvgIpc) is 2.92. The van der Waals surface area contributed by atoms with E-state index in [1.54, 1.807) is 36.4 Å². The summed E-state index contributed by atoms with van der Waals surface area (Å²) < 4.78 is 26.9. The van der Waals surface area contributed by atoms with Crippen LogP contribution in [0.1, 0.15) is 34.0 Å². The van der Waals surface area contributed by atoms with Crippen molar-refractivity contribution in [2.75, 3.05) is 11.9 Å². The van der Waals surface area contributed by atoms with Gasteiger partial charge < -0.3 is 21.1 Å². The number of benzene rings is 3. The van der Waals surface area contributed by atoms with E-state index >= 15 is 0 Å². The number of aliphatic hydroxyl groups is 1. The largest absolute Gasteiger partial charge is 0.391 e. The maximum Gasteiger partial charge on any atom is 0.268 e. The van der Waals surface area contributed by atoms with Gasteiger partial charge in [0, 0.05) is 34.5 Å². The average molecular weight is 537 g/mol. The lowest BCUT2D eigenvalue weighted by Crippen LogP contribution is -2.51. The van der Waals surface area contributed by atoms with Crippen molar-refractivity contribution in [2.24, 2.45) is 0 Å². The molecule has 2 unspecified atom stereocenters. The van der Waals surface area contributed by atoms with E-state index in [0.717, 1.165) is 18.2 Å². The van der Waals surface area contributed by atoms with Crippen LogP contribution in [-0.4, -0.2) is 46.7 Å². The van der Waals surface area contributed by atoms with Gasteiger partial charge in [-0.25, -0.2) is 14.3 Å². The molecule has 11 heteroatoms. The summed E-state index contributed by atoms with van der Waals surface area (Å²) in [4.78, 5) is 36.0. The Morgan fingerprint density at radius 2 is 1.54 bits per heavy atom. The molecule has 9 nitrogen and oxygen atoms in total. The zero-order valence-corrected chi connectivity index (χ0v) is 20.8. The normalized spacial score (nSPS) is 11.9. The SMILES string of the molecule is CC(O)C(NC(=O)c1ccc(C#Cc2ccc(NC(=O)CNCc3cc(F)ccc3F)cc2)cc1)C(=O)NO. The second kappa shape index (κ2) is 13.8. The summed E-state index contributed by atoms with van der Waals surface area (Å²) in [5, 5.41) is 26.2. The number of nitrogens with one attached hydrogen (secondary N) is 4. The minimum absolute atomic E-state index is 0.000442. The summed E-state index contributed by atoms with van der Waals surface area (Å²) in [5.74, 6) is 2.89. The van der Waals surface area contributed by atoms with Gasteiger partial charge in [-0.2, -0.15) is 0 Å². The van der Waals surface area contributed by atoms with Crippen LogP contribution in [0.2, 0.25) is 0 Å². The van der Waals surface area contributed by atoms with E-state index in [2.05, 4.69) is 27.8 Å². The predicted molar refractivity (Wildman–Crippen MR) is 138 cm³/mol. The second-order valence-corrected chi connectivity index (χ2v) is 8.46. The molecular weight excluding hydrogens is 510 g/mol. The zero-order valence-electron chi connectivity index (χ0n) is 20.8. The first-order valence-electron chi connectivity index (χ1n) is 11.8. The van der Waals surface area contributed by atoms with Crippen LogP contribution in [0.25, 0.3) is 0 Å². The lowest BCUT2D eigenvalue weighted by molar-refractivity contribution is -0.133. The third-order valence-electron chi connectivity index (χ3n) is 5.44. The van der Waals surface area contributed by atoms with E-state index in [9.17, 15) is 28.3 Å². The Labute approximate surface area is 223 Å². The van der Waals surface area contributed by atoms with Crippen LogP contribution in [0, 0.1) is 23.5 Å². The minimum atomic E-state index is -1.32. The molecule has 0 spiro atoms. The van der Waals surface area contributed by atoms with Crippen molar-refractivity contribution in [3.8, 4) is 11.8 Å². The molecule has 0 bridgehead atoms. The molecule has 0 aliphatic carbocycles. The van der Waals surface area contributed by atoms with Crippen LogP contribution in [-0.2, 0) is 16.1 Å². The first kappa shape index (κ1) is 28.9. The van der Waals surface area contributed by atoms with Gasteiger partial charge in [0.05, 0.1) is 12.6 Å². The molecular formula is C28H26F2N4O5. The summed E-state index contributed by atoms with van der Waals surface area (Å²) in [5.41, 5.74) is 3.57. The molecule has 3 aromatic rings. The smallest absolute Gasteiger partial charge is 0.268 e. The van der Waals surface area contributed by atoms with Crippen molar-refractivity contribution in [1.82, 2.24) is 16.1 Å². The highest BCUT2D eigenvalue weighted by Crippen LogP contribution is 2.11. The topological polar surface area (TPSA) is 140 Å². The van der Waals surface area contributed by atoms with E-state index in [1.807, 2.05) is 0 Å². The van der Waals surface area contributed by atoms with E-state index in [1.165, 1.54) is 24.5 Å². The van der Waals surface area contributed by atoms with Crippen LogP contribution in [0.15, 0.2) is 66.7 Å². The van der Waals surface area contributed by atoms with Crippen molar-refractivity contribution in [3.05, 3.63) is 101 Å². The fourth-order valence-electron chi connectivity index (χ4n) is 3.38. The molecule has 0 heterocycles. The highest BCUT2D eigenvalue weighted by Gasteiger charge is 2.25. The highest BCUT2D eigenvalue weighted by atomic mass is 19.1. The van der Waals surface area contributed by atoms with E-state index in [4.69, 9.17) is 5.21 Å². The van der Waals surface area contributed by atoms with Crippen molar-refractivity contribution >= 4 is 23.4 Å². The standard InChI is InChI=1S/C28H26F2N4O5/c1-17(35)26(28(38)34-39)33-27(37)20-8-4-18(5-9-20)2-3-19-6-11-23(12-7-19)32-25(36)16-31-15-21-14-22(29)10-13-24(21)30/h4-14,17,26,31,35,39H,15-16H2,1H3,(H,32,36)(H,33,37)(H,34,38). The minimum Gasteiger partial charge on any atom is -0.391 e. The van der Waals surface area contributed by atoms with E-state index in [0.29, 0.717) is 16.8 Å². The Kier molecular flexibility index (Phi) is 10.2. The van der Waals surface area contributed by atoms with Gasteiger partial charge in [-0.3, -0.25) is 19.6 Å². The van der Waals surface area contributed by atoms with Crippen molar-refractivity contribution in [3.63, 3.8) is 0 Å². The third-order valence-corrected chi connectivity index (χ3v) is 5.44. The van der Waals surface area contributed by atoms with Crippen LogP contribution in [0.5, 0.6) is 0 Å². The Hall–Kier alpha value is -4.63. The summed E-state index contributed by atoms with van der Waals surface area (Å²) in [6.45, 7) is 1.21. The fourth-order valence-corrected chi connectivity index (χ4v) is 3.38. The molecule has 3 amide bonds. The molecule has 3 rings (SSSR count). The van der Waals surface area contributed by atoms with Gasteiger partial charge in [0.15, 0.2) is 0 Å². The predicted octanol–water partition coefficient (Wildman–Crippen LogP) is 2.08. The van der Waals surface area contributed by atoms with Gasteiger partial charge in [-0.15, -0.1) is 0 Å². The maximum atomic E-state index is 13.6. The van der Waals surface area contributed by atoms with Gasteiger partial charge in [0.1, 0.15) is 17.7 Å². The molecule has 202 valence electrons. The summed E-state index contributed by atoms with van der Waals surface area (Å²) in [6.07, 6.45) is -1.22. The Balaban J connectivity index is 1.51. The van der Waals surface area contributed by atoms with Gasteiger partial charge >= 0.3 is 0 Å². The third kappa shape index (κ3) is 8.72. The lowest BCUT2D eigenvalue weighted by Gasteiger charge is -2.19. The Bertz CT molecular complexity index is 1380. The molecule has 0 saturated carbocycles. The van der Waals surface area contributed by atoms with Gasteiger partial charge in [-0.05, 0) is 73.7 Å². The van der Waals surface area contributed by atoms with Crippen molar-refractivity contribution in [2.45, 2.75) is 25.6 Å². The lowest BCUT2D eigenvalue weighted by atomic mass is 10.1. The maximum absolute atomic E-state index is 13.6. The number of anilines is 1. The molecule has 0 radical (unpaired) electrons. The van der Waals surface area contributed by atoms with Crippen molar-refractivity contribution < 1.29 is 33.5 Å². The van der Waals surface area contributed by atoms with Crippen LogP contribution < -0.4 is 21.4 Å². The van der Waals surface area contributed by atoms with E-state index < -0.39 is 35.6 Å². The first-order chi connectivity index (χ1) is 18.7. The molecule has 39 heavy (non-hydrogen) atoms. The highest BCUT2D eigenvalue weighted by molar-refractivity contribution is 5.97. The van der Waals surface area contributed by atoms with Crippen LogP contribution >= 0.6 is 0 Å². The number of carbonyl (C=O) groups excluding carboxylic acids is 3. The molecule has 0 saturated heterocycles. The molecule has 0 aromatic heterocycles. The number of rotatable bonds is 9. The quantitative estimate of drug-likeness (QED) is 0.141. The molecule has 3 aromatic carbocycles. The van der Waals surface area contributed by atoms with Gasteiger partial charge in [0.2, 0.25) is 5.91 Å². The molecule has 6 N–H and O–H groups in total. The Morgan fingerprint density at radius 3 is 2.13 bits per heavy atom. The number of aliphatic hydroxyl groups excluding tert-OH is 1. The number of hydroxylamine groups is 1. The fraction of sp³-hybridized carbons (Fsp3) is 0.179. The van der Waals surface area contributed by atoms with Crippen LogP contribution in [0.3, 0.4) is 0 Å². The first-order valence-corrected chi connectivity index (χ1v) is 11.8. The summed E-state index contributed by atoms with van der Waals surface area (Å²) in [6, 6.07) is 14.8.